The van der Waals surface area contributed by atoms with Crippen LogP contribution in [0.4, 0.5) is 11.4 Å². The van der Waals surface area contributed by atoms with E-state index in [4.69, 9.17) is 5.11 Å². The highest BCUT2D eigenvalue weighted by atomic mass is 127. The van der Waals surface area contributed by atoms with Gasteiger partial charge in [0.2, 0.25) is 17.7 Å². The molecule has 0 spiro atoms. The molecule has 3 amide bonds. The maximum atomic E-state index is 12.7. The number of hydrogen-bond acceptors (Lipinski definition) is 5. The van der Waals surface area contributed by atoms with E-state index in [0.717, 1.165) is 20.6 Å². The van der Waals surface area contributed by atoms with Crippen molar-refractivity contribution in [2.45, 2.75) is 16.6 Å². The number of thioether (sulfide) groups is 1. The number of aliphatic carboxylic acids is 1. The third kappa shape index (κ3) is 5.45. The maximum Gasteiger partial charge on any atom is 0.328 e. The fraction of sp³-hybridized carbons (Fsp3) is 0.100. The molecule has 9 heteroatoms. The number of amides is 3. The summed E-state index contributed by atoms with van der Waals surface area (Å²) in [5.74, 6) is -2.25. The number of carbonyl (C=O) groups excluding carboxylic acids is 3. The van der Waals surface area contributed by atoms with Crippen molar-refractivity contribution >= 4 is 69.4 Å². The zero-order valence-electron chi connectivity index (χ0n) is 14.9. The molecule has 1 atom stereocenters. The summed E-state index contributed by atoms with van der Waals surface area (Å²) in [7, 11) is 0. The number of carbonyl (C=O) groups is 4. The molecular weight excluding hydrogens is 507 g/mol. The maximum absolute atomic E-state index is 12.7. The average molecular weight is 522 g/mol. The van der Waals surface area contributed by atoms with Crippen LogP contribution >= 0.6 is 34.4 Å². The van der Waals surface area contributed by atoms with Gasteiger partial charge >= 0.3 is 5.97 Å². The standard InChI is InChI=1S/C20H15IN2O5S/c21-12-1-5-14(6-2-12)23-18(25)11-16(20(23)28)29-15-7-3-13(4-8-15)22-17(24)9-10-19(26)27/h1-10,16H,11H2,(H,22,24)(H,26,27)/b10-9+/t16-/m0/s1. The van der Waals surface area contributed by atoms with E-state index < -0.39 is 17.1 Å². The predicted octanol–water partition coefficient (Wildman–Crippen LogP) is 3.29. The number of imide groups is 1. The Balaban J connectivity index is 1.64. The van der Waals surface area contributed by atoms with Crippen LogP contribution in [0, 0.1) is 3.57 Å². The van der Waals surface area contributed by atoms with Crippen LogP contribution < -0.4 is 10.2 Å². The van der Waals surface area contributed by atoms with E-state index >= 15 is 0 Å². The molecule has 1 aliphatic heterocycles. The molecule has 0 bridgehead atoms. The monoisotopic (exact) mass is 522 g/mol. The normalized spacial score (nSPS) is 16.4. The third-order valence-electron chi connectivity index (χ3n) is 3.97. The molecule has 0 aromatic heterocycles. The van der Waals surface area contributed by atoms with Gasteiger partial charge in [-0.3, -0.25) is 14.4 Å². The van der Waals surface area contributed by atoms with Gasteiger partial charge in [-0.2, -0.15) is 0 Å². The molecule has 7 nitrogen and oxygen atoms in total. The summed E-state index contributed by atoms with van der Waals surface area (Å²) in [6, 6.07) is 13.9. The second-order valence-corrected chi connectivity index (χ2v) is 8.56. The SMILES string of the molecule is O=C(O)/C=C/C(=O)Nc1ccc(S[C@H]2CC(=O)N(c3ccc(I)cc3)C2=O)cc1. The van der Waals surface area contributed by atoms with Crippen LogP contribution in [0.2, 0.25) is 0 Å². The fourth-order valence-corrected chi connectivity index (χ4v) is 4.08. The van der Waals surface area contributed by atoms with Gasteiger partial charge in [0.15, 0.2) is 0 Å². The van der Waals surface area contributed by atoms with Crippen molar-refractivity contribution in [3.8, 4) is 0 Å². The first-order chi connectivity index (χ1) is 13.8. The zero-order chi connectivity index (χ0) is 21.0. The predicted molar refractivity (Wildman–Crippen MR) is 118 cm³/mol. The molecule has 0 radical (unpaired) electrons. The molecule has 1 aliphatic rings. The molecule has 0 saturated carbocycles. The molecule has 0 aliphatic carbocycles. The Kier molecular flexibility index (Phi) is 6.70. The number of anilines is 2. The van der Waals surface area contributed by atoms with Gasteiger partial charge in [0.25, 0.3) is 0 Å². The van der Waals surface area contributed by atoms with E-state index in [-0.39, 0.29) is 18.2 Å². The summed E-state index contributed by atoms with van der Waals surface area (Å²) in [4.78, 5) is 49.1. The molecule has 1 fully saturated rings. The average Bonchev–Trinajstić information content (AvgIpc) is 2.96. The largest absolute Gasteiger partial charge is 0.478 e. The van der Waals surface area contributed by atoms with Crippen LogP contribution in [0.1, 0.15) is 6.42 Å². The lowest BCUT2D eigenvalue weighted by Crippen LogP contribution is -2.31. The van der Waals surface area contributed by atoms with Crippen LogP contribution in [-0.4, -0.2) is 34.0 Å². The summed E-state index contributed by atoms with van der Waals surface area (Å²) in [6.07, 6.45) is 1.79. The Labute approximate surface area is 184 Å². The van der Waals surface area contributed by atoms with E-state index in [1.807, 2.05) is 12.1 Å². The molecule has 0 unspecified atom stereocenters. The summed E-state index contributed by atoms with van der Waals surface area (Å²) in [5.41, 5.74) is 1.06. The summed E-state index contributed by atoms with van der Waals surface area (Å²) in [5, 5.41) is 10.5. The lowest BCUT2D eigenvalue weighted by atomic mass is 10.3. The number of rotatable bonds is 6. The highest BCUT2D eigenvalue weighted by molar-refractivity contribution is 14.1. The van der Waals surface area contributed by atoms with Crippen molar-refractivity contribution in [1.82, 2.24) is 0 Å². The Morgan fingerprint density at radius 2 is 1.72 bits per heavy atom. The van der Waals surface area contributed by atoms with Crippen LogP contribution in [0.5, 0.6) is 0 Å². The summed E-state index contributed by atoms with van der Waals surface area (Å²) < 4.78 is 1.02. The van der Waals surface area contributed by atoms with E-state index in [1.54, 1.807) is 36.4 Å². The highest BCUT2D eigenvalue weighted by Crippen LogP contribution is 2.34. The number of hydrogen-bond donors (Lipinski definition) is 2. The van der Waals surface area contributed by atoms with Gasteiger partial charge in [0, 0.05) is 32.7 Å². The van der Waals surface area contributed by atoms with Crippen molar-refractivity contribution in [1.29, 1.82) is 0 Å². The summed E-state index contributed by atoms with van der Waals surface area (Å²) >= 11 is 3.45. The van der Waals surface area contributed by atoms with Crippen molar-refractivity contribution in [2.75, 3.05) is 10.2 Å². The third-order valence-corrected chi connectivity index (χ3v) is 5.88. The van der Waals surface area contributed by atoms with Crippen molar-refractivity contribution < 1.29 is 24.3 Å². The topological polar surface area (TPSA) is 104 Å². The first-order valence-electron chi connectivity index (χ1n) is 8.44. The number of halogens is 1. The van der Waals surface area contributed by atoms with E-state index in [9.17, 15) is 19.2 Å². The van der Waals surface area contributed by atoms with Gasteiger partial charge in [-0.25, -0.2) is 9.69 Å². The van der Waals surface area contributed by atoms with Crippen LogP contribution in [0.25, 0.3) is 0 Å². The molecule has 1 heterocycles. The van der Waals surface area contributed by atoms with Gasteiger partial charge in [-0.15, -0.1) is 11.8 Å². The first kappa shape index (κ1) is 21.1. The lowest BCUT2D eigenvalue weighted by Gasteiger charge is -2.15. The van der Waals surface area contributed by atoms with Gasteiger partial charge in [0.1, 0.15) is 0 Å². The molecular formula is C20H15IN2O5S. The Morgan fingerprint density at radius 1 is 1.07 bits per heavy atom. The smallest absolute Gasteiger partial charge is 0.328 e. The van der Waals surface area contributed by atoms with Gasteiger partial charge in [0.05, 0.1) is 10.9 Å². The second kappa shape index (κ2) is 9.23. The minimum absolute atomic E-state index is 0.119. The van der Waals surface area contributed by atoms with Crippen LogP contribution in [-0.2, 0) is 19.2 Å². The van der Waals surface area contributed by atoms with E-state index in [1.165, 1.54) is 16.7 Å². The minimum Gasteiger partial charge on any atom is -0.478 e. The number of nitrogens with zero attached hydrogens (tertiary/aromatic N) is 1. The van der Waals surface area contributed by atoms with Crippen LogP contribution in [0.15, 0.2) is 65.6 Å². The van der Waals surface area contributed by atoms with E-state index in [0.29, 0.717) is 11.4 Å². The van der Waals surface area contributed by atoms with Crippen LogP contribution in [0.3, 0.4) is 0 Å². The van der Waals surface area contributed by atoms with Crippen molar-refractivity contribution in [3.05, 3.63) is 64.3 Å². The zero-order valence-corrected chi connectivity index (χ0v) is 17.8. The molecule has 2 aromatic carbocycles. The molecule has 1 saturated heterocycles. The Hall–Kier alpha value is -2.66. The number of benzene rings is 2. The molecule has 2 aromatic rings. The lowest BCUT2D eigenvalue weighted by molar-refractivity contribution is -0.131. The first-order valence-corrected chi connectivity index (χ1v) is 10.4. The number of carboxylic acids is 1. The highest BCUT2D eigenvalue weighted by Gasteiger charge is 2.40. The Bertz CT molecular complexity index is 989. The summed E-state index contributed by atoms with van der Waals surface area (Å²) in [6.45, 7) is 0. The molecule has 148 valence electrons. The van der Waals surface area contributed by atoms with Gasteiger partial charge in [-0.05, 0) is 71.1 Å². The van der Waals surface area contributed by atoms with Crippen molar-refractivity contribution in [2.24, 2.45) is 0 Å². The minimum atomic E-state index is -1.21. The number of carboxylic acid groups (broad SMARTS) is 1. The molecule has 29 heavy (non-hydrogen) atoms. The molecule has 3 rings (SSSR count). The fourth-order valence-electron chi connectivity index (χ4n) is 2.67. The number of nitrogens with one attached hydrogen (secondary N) is 1. The second-order valence-electron chi connectivity index (χ2n) is 6.04. The van der Waals surface area contributed by atoms with Crippen molar-refractivity contribution in [3.63, 3.8) is 0 Å². The van der Waals surface area contributed by atoms with E-state index in [2.05, 4.69) is 27.9 Å². The van der Waals surface area contributed by atoms with Gasteiger partial charge < -0.3 is 10.4 Å². The molecule has 2 N–H and O–H groups in total. The quantitative estimate of drug-likeness (QED) is 0.343. The Morgan fingerprint density at radius 3 is 2.34 bits per heavy atom. The van der Waals surface area contributed by atoms with Gasteiger partial charge in [-0.1, -0.05) is 0 Å².